The molecule has 0 bridgehead atoms. The number of fused-ring (bicyclic) bond motifs is 2. The van der Waals surface area contributed by atoms with E-state index in [1.54, 1.807) is 0 Å². The van der Waals surface area contributed by atoms with Crippen LogP contribution in [0.3, 0.4) is 0 Å². The van der Waals surface area contributed by atoms with Crippen molar-refractivity contribution in [3.05, 3.63) is 48.7 Å². The molecule has 0 saturated carbocycles. The molecule has 5 aromatic rings. The van der Waals surface area contributed by atoms with Gasteiger partial charge in [0.1, 0.15) is 11.2 Å². The number of likely N-dealkylation sites (tertiary alicyclic amines) is 1. The molecule has 0 amide bonds. The van der Waals surface area contributed by atoms with Gasteiger partial charge in [0.15, 0.2) is 11.5 Å². The molecule has 7 rings (SSSR count). The summed E-state index contributed by atoms with van der Waals surface area (Å²) in [5.41, 5.74) is 7.72. The van der Waals surface area contributed by atoms with E-state index >= 15 is 0 Å². The molecule has 10 heteroatoms. The molecule has 2 N–H and O–H groups in total. The molecule has 0 aromatic carbocycles. The molecular formula is C28H32N10. The number of anilines is 1. The smallest absolute Gasteiger partial charge is 0.181 e. The van der Waals surface area contributed by atoms with E-state index in [1.807, 2.05) is 31.0 Å². The van der Waals surface area contributed by atoms with E-state index in [0.29, 0.717) is 5.65 Å². The van der Waals surface area contributed by atoms with Crippen molar-refractivity contribution in [3.8, 4) is 22.6 Å². The van der Waals surface area contributed by atoms with Gasteiger partial charge in [0, 0.05) is 62.4 Å². The molecule has 0 atom stereocenters. The number of aromatic amines is 2. The average molecular weight is 509 g/mol. The second-order valence-corrected chi connectivity index (χ2v) is 10.5. The fraction of sp³-hybridized carbons (Fsp3) is 0.393. The standard InChI is InChI=1S/C28H32N10/c1-36-7-9-38(10-8-36)24-17-30-16-23-26(24)33-28(32-23)25-22-12-21(15-31-27(22)35-34-25)20-11-19(13-29-14-20)18-37-5-3-2-4-6-37/h11-17H,2-10,18H2,1H3,(H,32,33)(H,31,34,35). The summed E-state index contributed by atoms with van der Waals surface area (Å²) in [7, 11) is 2.16. The maximum atomic E-state index is 5.01. The number of piperazine rings is 1. The normalized spacial score (nSPS) is 17.6. The molecule has 2 aliphatic rings. The number of aromatic nitrogens is 7. The molecule has 0 aliphatic carbocycles. The Bertz CT molecular complexity index is 1570. The first-order valence-electron chi connectivity index (χ1n) is 13.5. The zero-order chi connectivity index (χ0) is 25.5. The van der Waals surface area contributed by atoms with Crippen LogP contribution in [0.4, 0.5) is 5.69 Å². The predicted molar refractivity (Wildman–Crippen MR) is 149 cm³/mol. The van der Waals surface area contributed by atoms with Crippen LogP contribution in [0.25, 0.3) is 44.7 Å². The Kier molecular flexibility index (Phi) is 5.98. The third-order valence-electron chi connectivity index (χ3n) is 7.85. The molecule has 0 spiro atoms. The van der Waals surface area contributed by atoms with Crippen molar-refractivity contribution in [2.75, 3.05) is 51.2 Å². The van der Waals surface area contributed by atoms with Gasteiger partial charge in [-0.05, 0) is 50.7 Å². The number of pyridine rings is 3. The average Bonchev–Trinajstić information content (AvgIpc) is 3.58. The molecule has 38 heavy (non-hydrogen) atoms. The molecular weight excluding hydrogens is 476 g/mol. The quantitative estimate of drug-likeness (QED) is 0.370. The summed E-state index contributed by atoms with van der Waals surface area (Å²) in [5.74, 6) is 0.738. The minimum Gasteiger partial charge on any atom is -0.366 e. The fourth-order valence-electron chi connectivity index (χ4n) is 5.66. The van der Waals surface area contributed by atoms with Crippen LogP contribution in [0.15, 0.2) is 43.1 Å². The van der Waals surface area contributed by atoms with Crippen LogP contribution in [0, 0.1) is 0 Å². The predicted octanol–water partition coefficient (Wildman–Crippen LogP) is 3.70. The second-order valence-electron chi connectivity index (χ2n) is 10.5. The largest absolute Gasteiger partial charge is 0.366 e. The molecule has 0 unspecified atom stereocenters. The molecule has 2 fully saturated rings. The Labute approximate surface area is 221 Å². The lowest BCUT2D eigenvalue weighted by Crippen LogP contribution is -2.44. The van der Waals surface area contributed by atoms with Gasteiger partial charge >= 0.3 is 0 Å². The van der Waals surface area contributed by atoms with E-state index in [9.17, 15) is 0 Å². The van der Waals surface area contributed by atoms with E-state index in [0.717, 1.165) is 77.5 Å². The number of imidazole rings is 1. The van der Waals surface area contributed by atoms with Gasteiger partial charge in [0.05, 0.1) is 29.0 Å². The Morgan fingerprint density at radius 1 is 0.842 bits per heavy atom. The van der Waals surface area contributed by atoms with Crippen molar-refractivity contribution < 1.29 is 0 Å². The Morgan fingerprint density at radius 2 is 1.66 bits per heavy atom. The van der Waals surface area contributed by atoms with Crippen LogP contribution in [0.5, 0.6) is 0 Å². The first-order valence-corrected chi connectivity index (χ1v) is 13.5. The zero-order valence-electron chi connectivity index (χ0n) is 21.7. The lowest BCUT2D eigenvalue weighted by molar-refractivity contribution is 0.220. The van der Waals surface area contributed by atoms with Crippen molar-refractivity contribution in [3.63, 3.8) is 0 Å². The van der Waals surface area contributed by atoms with Crippen LogP contribution in [-0.4, -0.2) is 91.2 Å². The van der Waals surface area contributed by atoms with Crippen LogP contribution in [-0.2, 0) is 6.54 Å². The van der Waals surface area contributed by atoms with Gasteiger partial charge in [0.25, 0.3) is 0 Å². The number of rotatable bonds is 5. The number of hydrogen-bond donors (Lipinski definition) is 2. The van der Waals surface area contributed by atoms with Gasteiger partial charge in [-0.3, -0.25) is 20.0 Å². The fourth-order valence-corrected chi connectivity index (χ4v) is 5.66. The van der Waals surface area contributed by atoms with Crippen LogP contribution in [0.1, 0.15) is 24.8 Å². The molecule has 2 aliphatic heterocycles. The van der Waals surface area contributed by atoms with Crippen molar-refractivity contribution in [1.29, 1.82) is 0 Å². The minimum atomic E-state index is 0.666. The first-order chi connectivity index (χ1) is 18.7. The van der Waals surface area contributed by atoms with Gasteiger partial charge in [-0.15, -0.1) is 0 Å². The summed E-state index contributed by atoms with van der Waals surface area (Å²) in [6, 6.07) is 4.37. The summed E-state index contributed by atoms with van der Waals surface area (Å²) >= 11 is 0. The highest BCUT2D eigenvalue weighted by molar-refractivity contribution is 5.95. The SMILES string of the molecule is CN1CCN(c2cncc3[nH]c(-c4[nH]nc5ncc(-c6cncc(CN7CCCCC7)c6)cc45)nc23)CC1. The van der Waals surface area contributed by atoms with Crippen molar-refractivity contribution >= 4 is 27.8 Å². The van der Waals surface area contributed by atoms with Crippen molar-refractivity contribution in [2.45, 2.75) is 25.8 Å². The summed E-state index contributed by atoms with van der Waals surface area (Å²) < 4.78 is 0. The third-order valence-corrected chi connectivity index (χ3v) is 7.85. The number of H-pyrrole nitrogens is 2. The number of nitrogens with one attached hydrogen (secondary N) is 2. The topological polar surface area (TPSA) is 106 Å². The Morgan fingerprint density at radius 3 is 2.53 bits per heavy atom. The highest BCUT2D eigenvalue weighted by atomic mass is 15.3. The van der Waals surface area contributed by atoms with E-state index in [2.05, 4.69) is 64.0 Å². The van der Waals surface area contributed by atoms with Crippen molar-refractivity contribution in [1.82, 2.24) is 44.9 Å². The van der Waals surface area contributed by atoms with Gasteiger partial charge in [-0.1, -0.05) is 6.42 Å². The van der Waals surface area contributed by atoms with E-state index in [-0.39, 0.29) is 0 Å². The Balaban J connectivity index is 1.22. The third kappa shape index (κ3) is 4.39. The second kappa shape index (κ2) is 9.77. The van der Waals surface area contributed by atoms with Crippen LogP contribution in [0.2, 0.25) is 0 Å². The van der Waals surface area contributed by atoms with Crippen molar-refractivity contribution in [2.24, 2.45) is 0 Å². The van der Waals surface area contributed by atoms with Crippen LogP contribution >= 0.6 is 0 Å². The molecule has 5 aromatic heterocycles. The molecule has 7 heterocycles. The number of nitrogens with zero attached hydrogens (tertiary/aromatic N) is 8. The van der Waals surface area contributed by atoms with E-state index in [4.69, 9.17) is 4.98 Å². The highest BCUT2D eigenvalue weighted by Crippen LogP contribution is 2.32. The first kappa shape index (κ1) is 23.2. The zero-order valence-corrected chi connectivity index (χ0v) is 21.7. The number of likely N-dealkylation sites (N-methyl/N-ethyl adjacent to an activating group) is 1. The molecule has 2 saturated heterocycles. The monoisotopic (exact) mass is 508 g/mol. The number of hydrogen-bond acceptors (Lipinski definition) is 8. The van der Waals surface area contributed by atoms with Gasteiger partial charge in [-0.2, -0.15) is 5.10 Å². The van der Waals surface area contributed by atoms with Crippen LogP contribution < -0.4 is 4.90 Å². The number of piperidine rings is 1. The highest BCUT2D eigenvalue weighted by Gasteiger charge is 2.21. The lowest BCUT2D eigenvalue weighted by Gasteiger charge is -2.33. The molecule has 194 valence electrons. The summed E-state index contributed by atoms with van der Waals surface area (Å²) in [6.07, 6.45) is 13.4. The minimum absolute atomic E-state index is 0.666. The maximum Gasteiger partial charge on any atom is 0.181 e. The molecule has 0 radical (unpaired) electrons. The molecule has 10 nitrogen and oxygen atoms in total. The van der Waals surface area contributed by atoms with E-state index < -0.39 is 0 Å². The summed E-state index contributed by atoms with van der Waals surface area (Å²) in [6.45, 7) is 7.26. The van der Waals surface area contributed by atoms with E-state index in [1.165, 1.54) is 37.9 Å². The lowest BCUT2D eigenvalue weighted by atomic mass is 10.1. The van der Waals surface area contributed by atoms with Gasteiger partial charge < -0.3 is 14.8 Å². The summed E-state index contributed by atoms with van der Waals surface area (Å²) in [4.78, 5) is 29.4. The van der Waals surface area contributed by atoms with Gasteiger partial charge in [0.2, 0.25) is 0 Å². The maximum absolute atomic E-state index is 5.01. The van der Waals surface area contributed by atoms with Gasteiger partial charge in [-0.25, -0.2) is 9.97 Å². The summed E-state index contributed by atoms with van der Waals surface area (Å²) in [5, 5.41) is 8.56. The Hall–Kier alpha value is -3.89.